The number of benzene rings is 1. The molecular formula is C18H23NO. The molecule has 0 amide bonds. The SMILES string of the molecule is CC(=O)C1C(C)(C)C(Cc2ccc(C#N)cc2)C1(C)C. The summed E-state index contributed by atoms with van der Waals surface area (Å²) < 4.78 is 0. The Balaban J connectivity index is 2.21. The summed E-state index contributed by atoms with van der Waals surface area (Å²) in [6.07, 6.45) is 0.968. The Bertz CT molecular complexity index is 544. The predicted octanol–water partition coefficient (Wildman–Crippen LogP) is 3.99. The fraction of sp³-hybridized carbons (Fsp3) is 0.556. The molecule has 0 spiro atoms. The molecule has 2 rings (SSSR count). The van der Waals surface area contributed by atoms with Crippen molar-refractivity contribution in [3.05, 3.63) is 35.4 Å². The van der Waals surface area contributed by atoms with E-state index >= 15 is 0 Å². The van der Waals surface area contributed by atoms with Gasteiger partial charge in [-0.2, -0.15) is 5.26 Å². The van der Waals surface area contributed by atoms with Gasteiger partial charge in [0.2, 0.25) is 0 Å². The first-order valence-corrected chi connectivity index (χ1v) is 7.20. The number of nitriles is 1. The van der Waals surface area contributed by atoms with Gasteiger partial charge >= 0.3 is 0 Å². The molecule has 0 heterocycles. The van der Waals surface area contributed by atoms with E-state index in [1.54, 1.807) is 6.92 Å². The summed E-state index contributed by atoms with van der Waals surface area (Å²) in [4.78, 5) is 11.9. The van der Waals surface area contributed by atoms with E-state index in [4.69, 9.17) is 5.26 Å². The minimum absolute atomic E-state index is 0.0449. The monoisotopic (exact) mass is 269 g/mol. The van der Waals surface area contributed by atoms with E-state index in [-0.39, 0.29) is 16.7 Å². The minimum Gasteiger partial charge on any atom is -0.300 e. The van der Waals surface area contributed by atoms with Gasteiger partial charge in [-0.3, -0.25) is 4.79 Å². The molecule has 1 fully saturated rings. The van der Waals surface area contributed by atoms with Crippen molar-refractivity contribution < 1.29 is 4.79 Å². The highest BCUT2D eigenvalue weighted by atomic mass is 16.1. The molecule has 0 saturated heterocycles. The van der Waals surface area contributed by atoms with E-state index in [1.165, 1.54) is 5.56 Å². The van der Waals surface area contributed by atoms with E-state index in [0.29, 0.717) is 17.3 Å². The van der Waals surface area contributed by atoms with Gasteiger partial charge in [-0.25, -0.2) is 0 Å². The summed E-state index contributed by atoms with van der Waals surface area (Å²) in [6, 6.07) is 9.96. The van der Waals surface area contributed by atoms with Crippen LogP contribution in [-0.2, 0) is 11.2 Å². The van der Waals surface area contributed by atoms with Gasteiger partial charge in [0.25, 0.3) is 0 Å². The molecule has 2 heteroatoms. The van der Waals surface area contributed by atoms with Gasteiger partial charge in [0.1, 0.15) is 5.78 Å². The number of ketones is 1. The highest BCUT2D eigenvalue weighted by molar-refractivity contribution is 5.81. The summed E-state index contributed by atoms with van der Waals surface area (Å²) in [5.74, 6) is 0.922. The Labute approximate surface area is 121 Å². The second kappa shape index (κ2) is 4.74. The van der Waals surface area contributed by atoms with Crippen LogP contribution in [0.25, 0.3) is 0 Å². The lowest BCUT2D eigenvalue weighted by molar-refractivity contribution is -0.176. The Morgan fingerprint density at radius 1 is 1.15 bits per heavy atom. The Morgan fingerprint density at radius 2 is 1.65 bits per heavy atom. The molecule has 1 saturated carbocycles. The summed E-state index contributed by atoms with van der Waals surface area (Å²) >= 11 is 0. The van der Waals surface area contributed by atoms with Crippen molar-refractivity contribution in [2.45, 2.75) is 41.0 Å². The first-order valence-electron chi connectivity index (χ1n) is 7.20. The lowest BCUT2D eigenvalue weighted by Crippen LogP contribution is -2.62. The zero-order valence-electron chi connectivity index (χ0n) is 13.0. The van der Waals surface area contributed by atoms with Crippen LogP contribution in [0, 0.1) is 34.0 Å². The van der Waals surface area contributed by atoms with Gasteiger partial charge in [-0.05, 0) is 47.8 Å². The molecule has 0 radical (unpaired) electrons. The molecule has 0 atom stereocenters. The normalized spacial score (nSPS) is 26.4. The van der Waals surface area contributed by atoms with Crippen molar-refractivity contribution >= 4 is 5.78 Å². The van der Waals surface area contributed by atoms with Crippen molar-refractivity contribution in [2.75, 3.05) is 0 Å². The maximum absolute atomic E-state index is 11.9. The van der Waals surface area contributed by atoms with Gasteiger partial charge in [0, 0.05) is 5.92 Å². The van der Waals surface area contributed by atoms with Gasteiger partial charge in [0.15, 0.2) is 0 Å². The fourth-order valence-electron chi connectivity index (χ4n) is 4.75. The first kappa shape index (κ1) is 14.8. The molecule has 1 aromatic carbocycles. The molecule has 20 heavy (non-hydrogen) atoms. The fourth-order valence-corrected chi connectivity index (χ4v) is 4.75. The second-order valence-electron chi connectivity index (χ2n) is 7.25. The Hall–Kier alpha value is -1.62. The molecule has 0 aliphatic heterocycles. The quantitative estimate of drug-likeness (QED) is 0.832. The average Bonchev–Trinajstić information content (AvgIpc) is 2.34. The van der Waals surface area contributed by atoms with Crippen LogP contribution in [-0.4, -0.2) is 5.78 Å². The molecule has 1 aliphatic carbocycles. The van der Waals surface area contributed by atoms with Gasteiger partial charge < -0.3 is 0 Å². The van der Waals surface area contributed by atoms with Crippen LogP contribution in [0.15, 0.2) is 24.3 Å². The third-order valence-electron chi connectivity index (χ3n) is 5.21. The number of nitrogens with zero attached hydrogens (tertiary/aromatic N) is 1. The molecule has 1 aliphatic rings. The van der Waals surface area contributed by atoms with Crippen LogP contribution in [0.2, 0.25) is 0 Å². The number of carbonyl (C=O) groups is 1. The highest BCUT2D eigenvalue weighted by Gasteiger charge is 2.62. The van der Waals surface area contributed by atoms with Crippen molar-refractivity contribution in [1.29, 1.82) is 5.26 Å². The summed E-state index contributed by atoms with van der Waals surface area (Å²) in [6.45, 7) is 10.5. The van der Waals surface area contributed by atoms with Crippen LogP contribution in [0.3, 0.4) is 0 Å². The molecule has 1 aromatic rings. The van der Waals surface area contributed by atoms with E-state index in [9.17, 15) is 4.79 Å². The molecule has 0 aromatic heterocycles. The zero-order valence-corrected chi connectivity index (χ0v) is 13.0. The molecule has 0 unspecified atom stereocenters. The maximum atomic E-state index is 11.9. The summed E-state index contributed by atoms with van der Waals surface area (Å²) in [7, 11) is 0. The summed E-state index contributed by atoms with van der Waals surface area (Å²) in [5.41, 5.74) is 2.03. The van der Waals surface area contributed by atoms with E-state index in [2.05, 4.69) is 33.8 Å². The summed E-state index contributed by atoms with van der Waals surface area (Å²) in [5, 5.41) is 8.84. The highest BCUT2D eigenvalue weighted by Crippen LogP contribution is 2.64. The van der Waals surface area contributed by atoms with Crippen molar-refractivity contribution in [3.63, 3.8) is 0 Å². The molecule has 0 N–H and O–H groups in total. The van der Waals surface area contributed by atoms with Gasteiger partial charge in [0.05, 0.1) is 11.6 Å². The number of hydrogen-bond donors (Lipinski definition) is 0. The zero-order chi connectivity index (χ0) is 15.1. The predicted molar refractivity (Wildman–Crippen MR) is 80.1 cm³/mol. The van der Waals surface area contributed by atoms with E-state index < -0.39 is 0 Å². The Kier molecular flexibility index (Phi) is 3.50. The Morgan fingerprint density at radius 3 is 2.05 bits per heavy atom. The number of Topliss-reactive ketones (excluding diaryl/α,β-unsaturated/α-hetero) is 1. The molecule has 0 bridgehead atoms. The van der Waals surface area contributed by atoms with Crippen molar-refractivity contribution in [2.24, 2.45) is 22.7 Å². The average molecular weight is 269 g/mol. The number of carbonyl (C=O) groups excluding carboxylic acids is 1. The van der Waals surface area contributed by atoms with Crippen LogP contribution >= 0.6 is 0 Å². The van der Waals surface area contributed by atoms with E-state index in [0.717, 1.165) is 6.42 Å². The smallest absolute Gasteiger partial charge is 0.133 e. The minimum atomic E-state index is 0.0449. The van der Waals surface area contributed by atoms with Gasteiger partial charge in [-0.1, -0.05) is 39.8 Å². The standard InChI is InChI=1S/C18H23NO/c1-12(20)16-17(2,3)15(18(16,4)5)10-13-6-8-14(11-19)9-7-13/h6-9,15-16H,10H2,1-5H3. The van der Waals surface area contributed by atoms with Crippen molar-refractivity contribution in [3.8, 4) is 6.07 Å². The third kappa shape index (κ3) is 2.16. The van der Waals surface area contributed by atoms with Crippen LogP contribution in [0.1, 0.15) is 45.7 Å². The molecular weight excluding hydrogens is 246 g/mol. The van der Waals surface area contributed by atoms with Crippen molar-refractivity contribution in [1.82, 2.24) is 0 Å². The lowest BCUT2D eigenvalue weighted by Gasteiger charge is -2.64. The van der Waals surface area contributed by atoms with Crippen LogP contribution < -0.4 is 0 Å². The maximum Gasteiger partial charge on any atom is 0.133 e. The largest absolute Gasteiger partial charge is 0.300 e. The van der Waals surface area contributed by atoms with E-state index in [1.807, 2.05) is 24.3 Å². The molecule has 106 valence electrons. The first-order chi connectivity index (χ1) is 9.21. The third-order valence-corrected chi connectivity index (χ3v) is 5.21. The number of hydrogen-bond acceptors (Lipinski definition) is 2. The van der Waals surface area contributed by atoms with Crippen LogP contribution in [0.4, 0.5) is 0 Å². The van der Waals surface area contributed by atoms with Crippen LogP contribution in [0.5, 0.6) is 0 Å². The number of rotatable bonds is 3. The second-order valence-corrected chi connectivity index (χ2v) is 7.25. The molecule has 2 nitrogen and oxygen atoms in total. The van der Waals surface area contributed by atoms with Gasteiger partial charge in [-0.15, -0.1) is 0 Å². The topological polar surface area (TPSA) is 40.9 Å². The lowest BCUT2D eigenvalue weighted by atomic mass is 9.39.